The van der Waals surface area contributed by atoms with Crippen molar-refractivity contribution in [1.82, 2.24) is 9.97 Å². The molecule has 3 rings (SSSR count). The lowest BCUT2D eigenvalue weighted by atomic mass is 9.90. The van der Waals surface area contributed by atoms with Crippen molar-refractivity contribution in [3.63, 3.8) is 0 Å². The highest BCUT2D eigenvalue weighted by Crippen LogP contribution is 2.28. The first kappa shape index (κ1) is 14.0. The second kappa shape index (κ2) is 5.81. The molecule has 0 saturated carbocycles. The van der Waals surface area contributed by atoms with Gasteiger partial charge < -0.3 is 10.0 Å². The Hall–Kier alpha value is -1.95. The molecule has 0 amide bonds. The number of hydrogen-bond acceptors (Lipinski definition) is 5. The highest BCUT2D eigenvalue weighted by atomic mass is 32.1. The largest absolute Gasteiger partial charge is 0.481 e. The van der Waals surface area contributed by atoms with Crippen LogP contribution in [0.3, 0.4) is 0 Å². The zero-order valence-electron chi connectivity index (χ0n) is 11.8. The van der Waals surface area contributed by atoms with Crippen molar-refractivity contribution in [2.45, 2.75) is 13.3 Å². The van der Waals surface area contributed by atoms with Gasteiger partial charge in [-0.05, 0) is 23.8 Å². The smallest absolute Gasteiger partial charge is 0.308 e. The van der Waals surface area contributed by atoms with Crippen LogP contribution in [0.5, 0.6) is 0 Å². The summed E-state index contributed by atoms with van der Waals surface area (Å²) in [5.41, 5.74) is 0.840. The number of anilines is 1. The van der Waals surface area contributed by atoms with Crippen LogP contribution in [-0.2, 0) is 4.79 Å². The molecule has 0 aliphatic carbocycles. The monoisotopic (exact) mass is 303 g/mol. The maximum atomic E-state index is 11.3. The second-order valence-corrected chi connectivity index (χ2v) is 6.47. The Morgan fingerprint density at radius 3 is 3.00 bits per heavy atom. The van der Waals surface area contributed by atoms with Crippen LogP contribution in [0.1, 0.15) is 13.3 Å². The highest BCUT2D eigenvalue weighted by Gasteiger charge is 2.30. The van der Waals surface area contributed by atoms with Gasteiger partial charge >= 0.3 is 5.97 Å². The van der Waals surface area contributed by atoms with Gasteiger partial charge in [-0.15, -0.1) is 11.3 Å². The predicted octanol–water partition coefficient (Wildman–Crippen LogP) is 2.75. The van der Waals surface area contributed by atoms with Gasteiger partial charge in [-0.25, -0.2) is 4.98 Å². The van der Waals surface area contributed by atoms with Crippen LogP contribution in [0, 0.1) is 11.8 Å². The molecule has 3 heterocycles. The molecule has 2 aromatic rings. The van der Waals surface area contributed by atoms with Crippen LogP contribution in [0.4, 0.5) is 5.82 Å². The molecule has 0 aromatic carbocycles. The Bertz CT molecular complexity index is 630. The fourth-order valence-electron chi connectivity index (χ4n) is 2.77. The number of nitrogens with zero attached hydrogens (tertiary/aromatic N) is 3. The van der Waals surface area contributed by atoms with Crippen molar-refractivity contribution >= 4 is 23.1 Å². The van der Waals surface area contributed by atoms with E-state index in [1.54, 1.807) is 23.7 Å². The lowest BCUT2D eigenvalue weighted by molar-refractivity contribution is -0.142. The summed E-state index contributed by atoms with van der Waals surface area (Å²) in [6.45, 7) is 3.41. The van der Waals surface area contributed by atoms with Gasteiger partial charge in [-0.1, -0.05) is 13.0 Å². The number of aliphatic carboxylic acids is 1. The van der Waals surface area contributed by atoms with Crippen LogP contribution >= 0.6 is 11.3 Å². The summed E-state index contributed by atoms with van der Waals surface area (Å²) in [4.78, 5) is 23.3. The summed E-state index contributed by atoms with van der Waals surface area (Å²) in [5.74, 6) is 0.0422. The molecule has 1 fully saturated rings. The molecule has 21 heavy (non-hydrogen) atoms. The van der Waals surface area contributed by atoms with Crippen molar-refractivity contribution < 1.29 is 9.90 Å². The molecule has 5 nitrogen and oxygen atoms in total. The summed E-state index contributed by atoms with van der Waals surface area (Å²) in [5, 5.41) is 11.3. The molecule has 110 valence electrons. The normalized spacial score (nSPS) is 22.2. The predicted molar refractivity (Wildman–Crippen MR) is 82.5 cm³/mol. The number of carbonyl (C=O) groups is 1. The third-order valence-corrected chi connectivity index (χ3v) is 4.62. The molecule has 1 aliphatic rings. The fraction of sp³-hybridized carbons (Fsp3) is 0.400. The van der Waals surface area contributed by atoms with E-state index in [-0.39, 0.29) is 5.92 Å². The zero-order chi connectivity index (χ0) is 14.8. The molecule has 2 atom stereocenters. The van der Waals surface area contributed by atoms with Crippen LogP contribution in [0.25, 0.3) is 10.6 Å². The van der Waals surface area contributed by atoms with E-state index in [1.165, 1.54) is 0 Å². The lowest BCUT2D eigenvalue weighted by Gasteiger charge is -2.35. The summed E-state index contributed by atoms with van der Waals surface area (Å²) in [6, 6.07) is 4.00. The first-order valence-corrected chi connectivity index (χ1v) is 7.85. The molecule has 0 radical (unpaired) electrons. The average molecular weight is 303 g/mol. The lowest BCUT2D eigenvalue weighted by Crippen LogP contribution is -2.43. The molecular formula is C15H17N3O2S. The molecule has 0 bridgehead atoms. The molecule has 1 N–H and O–H groups in total. The maximum Gasteiger partial charge on any atom is 0.308 e. The molecule has 2 aromatic heterocycles. The number of thiophene rings is 1. The zero-order valence-corrected chi connectivity index (χ0v) is 12.6. The van der Waals surface area contributed by atoms with Crippen LogP contribution < -0.4 is 4.90 Å². The SMILES string of the molecule is CC1CC(C(=O)O)CN(c2cncc(-c3cccs3)n2)C1. The number of aromatic nitrogens is 2. The number of carboxylic acid groups (broad SMARTS) is 1. The molecule has 1 saturated heterocycles. The molecule has 2 unspecified atom stereocenters. The van der Waals surface area contributed by atoms with E-state index < -0.39 is 5.97 Å². The minimum atomic E-state index is -0.728. The van der Waals surface area contributed by atoms with Crippen LogP contribution in [0.2, 0.25) is 0 Å². The van der Waals surface area contributed by atoms with E-state index in [4.69, 9.17) is 0 Å². The van der Waals surface area contributed by atoms with E-state index in [1.807, 2.05) is 22.4 Å². The highest BCUT2D eigenvalue weighted by molar-refractivity contribution is 7.13. The van der Waals surface area contributed by atoms with Crippen LogP contribution in [0.15, 0.2) is 29.9 Å². The Kier molecular flexibility index (Phi) is 3.88. The summed E-state index contributed by atoms with van der Waals surface area (Å²) in [7, 11) is 0. The van der Waals surface area contributed by atoms with Crippen molar-refractivity contribution in [1.29, 1.82) is 0 Å². The second-order valence-electron chi connectivity index (χ2n) is 5.52. The van der Waals surface area contributed by atoms with E-state index in [2.05, 4.69) is 16.9 Å². The minimum Gasteiger partial charge on any atom is -0.481 e. The maximum absolute atomic E-state index is 11.3. The summed E-state index contributed by atoms with van der Waals surface area (Å²) < 4.78 is 0. The Morgan fingerprint density at radius 2 is 2.29 bits per heavy atom. The van der Waals surface area contributed by atoms with Crippen molar-refractivity contribution in [2.24, 2.45) is 11.8 Å². The third-order valence-electron chi connectivity index (χ3n) is 3.73. The van der Waals surface area contributed by atoms with Crippen molar-refractivity contribution in [3.05, 3.63) is 29.9 Å². The van der Waals surface area contributed by atoms with Gasteiger partial charge in [0, 0.05) is 13.1 Å². The summed E-state index contributed by atoms with van der Waals surface area (Å²) >= 11 is 1.62. The van der Waals surface area contributed by atoms with Gasteiger partial charge in [0.2, 0.25) is 0 Å². The molecule has 0 spiro atoms. The number of piperidine rings is 1. The quantitative estimate of drug-likeness (QED) is 0.944. The van der Waals surface area contributed by atoms with Gasteiger partial charge in [0.25, 0.3) is 0 Å². The first-order valence-electron chi connectivity index (χ1n) is 6.97. The van der Waals surface area contributed by atoms with E-state index >= 15 is 0 Å². The molecule has 6 heteroatoms. The summed E-state index contributed by atoms with van der Waals surface area (Å²) in [6.07, 6.45) is 4.19. The number of rotatable bonds is 3. The first-order chi connectivity index (χ1) is 10.1. The van der Waals surface area contributed by atoms with E-state index in [9.17, 15) is 9.90 Å². The van der Waals surface area contributed by atoms with Gasteiger partial charge in [0.1, 0.15) is 11.5 Å². The number of hydrogen-bond donors (Lipinski definition) is 1. The standard InChI is InChI=1S/C15H17N3O2S/c1-10-5-11(15(19)20)9-18(8-10)14-7-16-6-12(17-14)13-3-2-4-21-13/h2-4,6-7,10-11H,5,8-9H2,1H3,(H,19,20). The van der Waals surface area contributed by atoms with Gasteiger partial charge in [-0.3, -0.25) is 9.78 Å². The molecular weight excluding hydrogens is 286 g/mol. The van der Waals surface area contributed by atoms with E-state index in [0.717, 1.165) is 29.4 Å². The average Bonchev–Trinajstić information content (AvgIpc) is 3.01. The van der Waals surface area contributed by atoms with Crippen molar-refractivity contribution in [3.8, 4) is 10.6 Å². The Balaban J connectivity index is 1.86. The van der Waals surface area contributed by atoms with E-state index in [0.29, 0.717) is 12.5 Å². The van der Waals surface area contributed by atoms with Crippen molar-refractivity contribution in [2.75, 3.05) is 18.0 Å². The number of carboxylic acids is 1. The van der Waals surface area contributed by atoms with Gasteiger partial charge in [0.05, 0.1) is 23.2 Å². The molecule has 1 aliphatic heterocycles. The Labute approximate surface area is 127 Å². The topological polar surface area (TPSA) is 66.3 Å². The van der Waals surface area contributed by atoms with Gasteiger partial charge in [0.15, 0.2) is 0 Å². The van der Waals surface area contributed by atoms with Crippen LogP contribution in [-0.4, -0.2) is 34.1 Å². The Morgan fingerprint density at radius 1 is 1.43 bits per heavy atom. The fourth-order valence-corrected chi connectivity index (χ4v) is 3.45. The third kappa shape index (κ3) is 3.05. The minimum absolute atomic E-state index is 0.332. The van der Waals surface area contributed by atoms with Gasteiger partial charge in [-0.2, -0.15) is 0 Å².